The molecule has 0 saturated heterocycles. The van der Waals surface area contributed by atoms with Crippen molar-refractivity contribution in [3.05, 3.63) is 35.7 Å². The largest absolute Gasteiger partial charge is 0.344 e. The maximum absolute atomic E-state index is 6.14. The van der Waals surface area contributed by atoms with E-state index in [4.69, 9.17) is 5.73 Å². The van der Waals surface area contributed by atoms with E-state index in [0.29, 0.717) is 0 Å². The number of nitrogens with zero attached hydrogens (tertiary/aromatic N) is 4. The first-order valence-corrected chi connectivity index (χ1v) is 6.59. The second-order valence-electron chi connectivity index (χ2n) is 4.88. The number of aryl methyl sites for hydroxylation is 1. The van der Waals surface area contributed by atoms with Gasteiger partial charge in [-0.15, -0.1) is 10.2 Å². The van der Waals surface area contributed by atoms with Crippen LogP contribution in [0.4, 0.5) is 0 Å². The van der Waals surface area contributed by atoms with Crippen LogP contribution < -0.4 is 5.73 Å². The van der Waals surface area contributed by atoms with Crippen LogP contribution in [0.3, 0.4) is 0 Å². The van der Waals surface area contributed by atoms with Gasteiger partial charge in [0.1, 0.15) is 6.33 Å². The molecular formula is C13H19N5. The van der Waals surface area contributed by atoms with E-state index in [1.807, 2.05) is 0 Å². The van der Waals surface area contributed by atoms with Crippen LogP contribution in [0.5, 0.6) is 0 Å². The summed E-state index contributed by atoms with van der Waals surface area (Å²) in [6.07, 6.45) is 7.32. The Morgan fingerprint density at radius 1 is 1.44 bits per heavy atom. The molecule has 0 saturated carbocycles. The van der Waals surface area contributed by atoms with Crippen LogP contribution in [0.25, 0.3) is 0 Å². The Labute approximate surface area is 107 Å². The van der Waals surface area contributed by atoms with Gasteiger partial charge < -0.3 is 14.9 Å². The molecule has 0 radical (unpaired) electrons. The molecule has 2 aromatic heterocycles. The number of hydrogen-bond donors (Lipinski definition) is 1. The first-order chi connectivity index (χ1) is 8.79. The van der Waals surface area contributed by atoms with Crippen molar-refractivity contribution in [3.63, 3.8) is 0 Å². The highest BCUT2D eigenvalue weighted by Crippen LogP contribution is 2.28. The van der Waals surface area contributed by atoms with Crippen LogP contribution in [-0.4, -0.2) is 19.3 Å². The van der Waals surface area contributed by atoms with E-state index in [1.54, 1.807) is 6.33 Å². The van der Waals surface area contributed by atoms with Gasteiger partial charge in [-0.05, 0) is 37.8 Å². The molecule has 1 aliphatic carbocycles. The average molecular weight is 245 g/mol. The molecule has 0 fully saturated rings. The molecule has 96 valence electrons. The Kier molecular flexibility index (Phi) is 2.91. The summed E-state index contributed by atoms with van der Waals surface area (Å²) in [5.41, 5.74) is 8.83. The molecule has 0 aliphatic heterocycles. The van der Waals surface area contributed by atoms with E-state index in [2.05, 4.69) is 38.5 Å². The van der Waals surface area contributed by atoms with Crippen molar-refractivity contribution >= 4 is 0 Å². The number of aromatic nitrogens is 4. The van der Waals surface area contributed by atoms with Crippen LogP contribution >= 0.6 is 0 Å². The maximum atomic E-state index is 6.14. The molecule has 0 aromatic carbocycles. The smallest absolute Gasteiger partial charge is 0.152 e. The van der Waals surface area contributed by atoms with Crippen molar-refractivity contribution in [2.75, 3.05) is 0 Å². The SMILES string of the molecule is CCn1cnnc1Cn1ccc2c1CCCC2N. The standard InChI is InChI=1S/C13H19N5/c1-2-17-9-15-16-13(17)8-18-7-6-10-11(14)4-3-5-12(10)18/h6-7,9,11H,2-5,8,14H2,1H3. The summed E-state index contributed by atoms with van der Waals surface area (Å²) in [4.78, 5) is 0. The molecule has 2 heterocycles. The second kappa shape index (κ2) is 4.57. The zero-order chi connectivity index (χ0) is 12.5. The van der Waals surface area contributed by atoms with Gasteiger partial charge in [0.2, 0.25) is 0 Å². The molecule has 0 spiro atoms. The van der Waals surface area contributed by atoms with Crippen LogP contribution in [0, 0.1) is 0 Å². The van der Waals surface area contributed by atoms with Gasteiger partial charge in [-0.2, -0.15) is 0 Å². The number of rotatable bonds is 3. The lowest BCUT2D eigenvalue weighted by molar-refractivity contribution is 0.540. The van der Waals surface area contributed by atoms with Crippen molar-refractivity contribution in [3.8, 4) is 0 Å². The van der Waals surface area contributed by atoms with Crippen molar-refractivity contribution in [1.29, 1.82) is 0 Å². The van der Waals surface area contributed by atoms with Gasteiger partial charge in [0.05, 0.1) is 6.54 Å². The number of nitrogens with two attached hydrogens (primary N) is 1. The molecule has 1 atom stereocenters. The predicted molar refractivity (Wildman–Crippen MR) is 69.1 cm³/mol. The van der Waals surface area contributed by atoms with Crippen molar-refractivity contribution in [1.82, 2.24) is 19.3 Å². The lowest BCUT2D eigenvalue weighted by Crippen LogP contribution is -2.19. The second-order valence-corrected chi connectivity index (χ2v) is 4.88. The lowest BCUT2D eigenvalue weighted by Gasteiger charge is -2.20. The monoisotopic (exact) mass is 245 g/mol. The Bertz CT molecular complexity index is 539. The first kappa shape index (κ1) is 11.5. The topological polar surface area (TPSA) is 61.7 Å². The summed E-state index contributed by atoms with van der Waals surface area (Å²) in [6, 6.07) is 2.37. The lowest BCUT2D eigenvalue weighted by atomic mass is 9.94. The highest BCUT2D eigenvalue weighted by Gasteiger charge is 2.20. The zero-order valence-electron chi connectivity index (χ0n) is 10.7. The normalized spacial score (nSPS) is 18.9. The van der Waals surface area contributed by atoms with Crippen molar-refractivity contribution in [2.24, 2.45) is 5.73 Å². The van der Waals surface area contributed by atoms with Gasteiger partial charge in [0, 0.05) is 24.5 Å². The van der Waals surface area contributed by atoms with Crippen LogP contribution in [0.1, 0.15) is 42.9 Å². The van der Waals surface area contributed by atoms with E-state index in [0.717, 1.165) is 31.8 Å². The third kappa shape index (κ3) is 1.84. The van der Waals surface area contributed by atoms with E-state index in [9.17, 15) is 0 Å². The predicted octanol–water partition coefficient (Wildman–Crippen LogP) is 1.48. The van der Waals surface area contributed by atoms with Crippen LogP contribution in [-0.2, 0) is 19.5 Å². The average Bonchev–Trinajstić information content (AvgIpc) is 2.98. The summed E-state index contributed by atoms with van der Waals surface area (Å²) in [5, 5.41) is 8.17. The Balaban J connectivity index is 1.90. The van der Waals surface area contributed by atoms with Crippen LogP contribution in [0.2, 0.25) is 0 Å². The Morgan fingerprint density at radius 2 is 2.33 bits per heavy atom. The van der Waals surface area contributed by atoms with E-state index >= 15 is 0 Å². The fourth-order valence-electron chi connectivity index (χ4n) is 2.76. The molecule has 5 heteroatoms. The van der Waals surface area contributed by atoms with Gasteiger partial charge in [-0.1, -0.05) is 0 Å². The number of hydrogen-bond acceptors (Lipinski definition) is 3. The van der Waals surface area contributed by atoms with Crippen molar-refractivity contribution in [2.45, 2.75) is 45.3 Å². The van der Waals surface area contributed by atoms with Crippen LogP contribution in [0.15, 0.2) is 18.6 Å². The quantitative estimate of drug-likeness (QED) is 0.891. The molecule has 18 heavy (non-hydrogen) atoms. The number of fused-ring (bicyclic) bond motifs is 1. The minimum atomic E-state index is 0.207. The summed E-state index contributed by atoms with van der Waals surface area (Å²) < 4.78 is 4.35. The van der Waals surface area contributed by atoms with E-state index < -0.39 is 0 Å². The Morgan fingerprint density at radius 3 is 3.17 bits per heavy atom. The summed E-state index contributed by atoms with van der Waals surface area (Å²) in [7, 11) is 0. The fourth-order valence-corrected chi connectivity index (χ4v) is 2.76. The van der Waals surface area contributed by atoms with E-state index in [1.165, 1.54) is 17.7 Å². The Hall–Kier alpha value is -1.62. The molecule has 1 unspecified atom stereocenters. The van der Waals surface area contributed by atoms with Gasteiger partial charge in [0.25, 0.3) is 0 Å². The molecule has 0 bridgehead atoms. The molecule has 3 rings (SSSR count). The summed E-state index contributed by atoms with van der Waals surface area (Å²) in [6.45, 7) is 3.80. The molecular weight excluding hydrogens is 226 g/mol. The third-order valence-corrected chi connectivity index (χ3v) is 3.79. The fraction of sp³-hybridized carbons (Fsp3) is 0.538. The van der Waals surface area contributed by atoms with Crippen molar-refractivity contribution < 1.29 is 0 Å². The molecule has 0 amide bonds. The maximum Gasteiger partial charge on any atom is 0.152 e. The molecule has 2 aromatic rings. The van der Waals surface area contributed by atoms with Gasteiger partial charge in [-0.3, -0.25) is 0 Å². The third-order valence-electron chi connectivity index (χ3n) is 3.79. The zero-order valence-corrected chi connectivity index (χ0v) is 10.7. The summed E-state index contributed by atoms with van der Waals surface area (Å²) in [5.74, 6) is 1.01. The molecule has 5 nitrogen and oxygen atoms in total. The first-order valence-electron chi connectivity index (χ1n) is 6.59. The van der Waals surface area contributed by atoms with Gasteiger partial charge in [-0.25, -0.2) is 0 Å². The summed E-state index contributed by atoms with van der Waals surface area (Å²) >= 11 is 0. The highest BCUT2D eigenvalue weighted by atomic mass is 15.3. The molecule has 2 N–H and O–H groups in total. The van der Waals surface area contributed by atoms with Gasteiger partial charge in [0.15, 0.2) is 5.82 Å². The molecule has 1 aliphatic rings. The highest BCUT2D eigenvalue weighted by molar-refractivity contribution is 5.28. The van der Waals surface area contributed by atoms with E-state index in [-0.39, 0.29) is 6.04 Å². The van der Waals surface area contributed by atoms with Gasteiger partial charge >= 0.3 is 0 Å². The minimum Gasteiger partial charge on any atom is -0.344 e. The minimum absolute atomic E-state index is 0.207.